The number of rotatable bonds is 2. The van der Waals surface area contributed by atoms with Crippen LogP contribution >= 0.6 is 0 Å². The molecule has 0 unspecified atom stereocenters. The quantitative estimate of drug-likeness (QED) is 0.272. The first-order valence-corrected chi connectivity index (χ1v) is 1.29. The van der Waals surface area contributed by atoms with Gasteiger partial charge < -0.3 is 5.11 Å². The molecular weight excluding hydrogens is 111 g/mol. The van der Waals surface area contributed by atoms with Gasteiger partial charge in [0.1, 0.15) is 6.61 Å². The molecule has 2 N–H and O–H groups in total. The van der Waals surface area contributed by atoms with Crippen LogP contribution in [0.3, 0.4) is 0 Å². The third-order valence-electron chi connectivity index (χ3n) is 0.183. The summed E-state index contributed by atoms with van der Waals surface area (Å²) < 4.78 is 0. The molecule has 0 aliphatic heterocycles. The normalized spacial score (nSPS) is 7.00. The predicted octanol–water partition coefficient (Wildman–Crippen LogP) is -1.18. The van der Waals surface area contributed by atoms with Crippen LogP contribution in [0, 0.1) is 0 Å². The molecule has 0 fully saturated rings. The molecule has 0 bridgehead atoms. The number of hydrogen-bond donors (Lipinski definition) is 2. The van der Waals surface area contributed by atoms with Crippen LogP contribution in [0.5, 0.6) is 0 Å². The maximum absolute atomic E-state index is 7.78. The molecule has 0 rings (SSSR count). The van der Waals surface area contributed by atoms with E-state index in [1.54, 1.807) is 0 Å². The maximum atomic E-state index is 7.78. The van der Waals surface area contributed by atoms with Gasteiger partial charge in [-0.15, -0.1) is 0 Å². The molecule has 0 heterocycles. The molecule has 0 aromatic carbocycles. The van der Waals surface area contributed by atoms with E-state index in [4.69, 9.17) is 10.4 Å². The van der Waals surface area contributed by atoms with Gasteiger partial charge >= 0.3 is 51.4 Å². The molecule has 0 aromatic rings. The van der Waals surface area contributed by atoms with Gasteiger partial charge in [-0.1, -0.05) is 0 Å². The van der Waals surface area contributed by atoms with Crippen LogP contribution in [0.15, 0.2) is 0 Å². The van der Waals surface area contributed by atoms with Crippen LogP contribution in [0.25, 0.3) is 0 Å². The first kappa shape index (κ1) is 10.5. The molecular formula is C2H7KO3. The van der Waals surface area contributed by atoms with E-state index in [-0.39, 0.29) is 64.6 Å². The predicted molar refractivity (Wildman–Crippen MR) is 22.8 cm³/mol. The molecule has 6 heavy (non-hydrogen) atoms. The van der Waals surface area contributed by atoms with Gasteiger partial charge in [-0.05, 0) is 0 Å². The summed E-state index contributed by atoms with van der Waals surface area (Å²) in [5.41, 5.74) is 0. The molecule has 34 valence electrons. The molecule has 0 saturated heterocycles. The zero-order valence-corrected chi connectivity index (χ0v) is 2.72. The summed E-state index contributed by atoms with van der Waals surface area (Å²) in [4.78, 5) is 3.44. The van der Waals surface area contributed by atoms with Crippen LogP contribution in [-0.4, -0.2) is 75.0 Å². The minimum absolute atomic E-state index is 0. The molecule has 4 heteroatoms. The fraction of sp³-hybridized carbons (Fsp3) is 1.00. The zero-order chi connectivity index (χ0) is 4.12. The van der Waals surface area contributed by atoms with Gasteiger partial charge in [-0.2, -0.15) is 0 Å². The Morgan fingerprint density at radius 3 is 2.00 bits per heavy atom. The minimum atomic E-state index is -0.128. The molecule has 0 aliphatic rings. The van der Waals surface area contributed by atoms with Gasteiger partial charge in [-0.25, -0.2) is 4.89 Å². The molecule has 0 radical (unpaired) electrons. The first-order chi connectivity index (χ1) is 2.41. The standard InChI is InChI=1S/C2H6O3.K.H/c3-1-2-5-4;;/h3-4H,1-2H2;;. The molecule has 0 aromatic heterocycles. The Hall–Kier alpha value is 1.52. The van der Waals surface area contributed by atoms with E-state index < -0.39 is 0 Å². The van der Waals surface area contributed by atoms with Crippen molar-refractivity contribution in [2.24, 2.45) is 0 Å². The van der Waals surface area contributed by atoms with Crippen molar-refractivity contribution < 1.29 is 15.3 Å². The van der Waals surface area contributed by atoms with Gasteiger partial charge in [0.05, 0.1) is 6.61 Å². The van der Waals surface area contributed by atoms with Crippen molar-refractivity contribution in [3.63, 3.8) is 0 Å². The number of hydrogen-bond acceptors (Lipinski definition) is 3. The summed E-state index contributed by atoms with van der Waals surface area (Å²) in [6.07, 6.45) is 0. The Morgan fingerprint density at radius 2 is 2.00 bits per heavy atom. The number of aliphatic hydroxyl groups is 1. The van der Waals surface area contributed by atoms with Crippen molar-refractivity contribution in [2.75, 3.05) is 13.2 Å². The van der Waals surface area contributed by atoms with Crippen molar-refractivity contribution in [2.45, 2.75) is 0 Å². The number of aliphatic hydroxyl groups excluding tert-OH is 1. The second-order valence-electron chi connectivity index (χ2n) is 0.557. The van der Waals surface area contributed by atoms with E-state index in [1.165, 1.54) is 0 Å². The molecule has 0 spiro atoms. The van der Waals surface area contributed by atoms with Crippen LogP contribution in [0.2, 0.25) is 0 Å². The van der Waals surface area contributed by atoms with E-state index in [0.717, 1.165) is 0 Å². The van der Waals surface area contributed by atoms with E-state index in [0.29, 0.717) is 0 Å². The van der Waals surface area contributed by atoms with Gasteiger partial charge in [0.15, 0.2) is 0 Å². The van der Waals surface area contributed by atoms with Gasteiger partial charge in [0.2, 0.25) is 0 Å². The SMILES string of the molecule is OCCOO.[KH]. The Labute approximate surface area is 78.7 Å². The van der Waals surface area contributed by atoms with Crippen molar-refractivity contribution in [3.8, 4) is 0 Å². The Morgan fingerprint density at radius 1 is 1.50 bits per heavy atom. The summed E-state index contributed by atoms with van der Waals surface area (Å²) in [5, 5.41) is 15.2. The topological polar surface area (TPSA) is 49.7 Å². The van der Waals surface area contributed by atoms with Crippen molar-refractivity contribution in [3.05, 3.63) is 0 Å². The molecule has 0 atom stereocenters. The molecule has 0 aliphatic carbocycles. The fourth-order valence-corrected chi connectivity index (χ4v) is 0.0408. The fourth-order valence-electron chi connectivity index (χ4n) is 0.0408. The van der Waals surface area contributed by atoms with Crippen LogP contribution in [0.4, 0.5) is 0 Å². The van der Waals surface area contributed by atoms with Crippen molar-refractivity contribution in [1.82, 2.24) is 0 Å². The van der Waals surface area contributed by atoms with E-state index in [1.807, 2.05) is 0 Å². The van der Waals surface area contributed by atoms with Crippen molar-refractivity contribution >= 4 is 51.4 Å². The van der Waals surface area contributed by atoms with Gasteiger partial charge in [0, 0.05) is 0 Å². The summed E-state index contributed by atoms with van der Waals surface area (Å²) in [6.45, 7) is -0.128. The van der Waals surface area contributed by atoms with E-state index in [9.17, 15) is 0 Å². The van der Waals surface area contributed by atoms with E-state index in [2.05, 4.69) is 4.89 Å². The van der Waals surface area contributed by atoms with Gasteiger partial charge in [-0.3, -0.25) is 5.26 Å². The average molecular weight is 118 g/mol. The monoisotopic (exact) mass is 118 g/mol. The Balaban J connectivity index is 0. The molecule has 0 saturated carbocycles. The second kappa shape index (κ2) is 9.72. The van der Waals surface area contributed by atoms with Crippen molar-refractivity contribution in [1.29, 1.82) is 0 Å². The molecule has 3 nitrogen and oxygen atoms in total. The van der Waals surface area contributed by atoms with Crippen LogP contribution in [0.1, 0.15) is 0 Å². The van der Waals surface area contributed by atoms with Gasteiger partial charge in [0.25, 0.3) is 0 Å². The summed E-state index contributed by atoms with van der Waals surface area (Å²) in [5.74, 6) is 0. The van der Waals surface area contributed by atoms with E-state index >= 15 is 0 Å². The third-order valence-corrected chi connectivity index (χ3v) is 0.183. The zero-order valence-electron chi connectivity index (χ0n) is 2.72. The summed E-state index contributed by atoms with van der Waals surface area (Å²) >= 11 is 0. The summed E-state index contributed by atoms with van der Waals surface area (Å²) in [7, 11) is 0. The second-order valence-corrected chi connectivity index (χ2v) is 0.557. The third kappa shape index (κ3) is 9.10. The first-order valence-electron chi connectivity index (χ1n) is 1.29. The summed E-state index contributed by atoms with van der Waals surface area (Å²) in [6, 6.07) is 0. The van der Waals surface area contributed by atoms with Crippen LogP contribution < -0.4 is 0 Å². The Kier molecular flexibility index (Phi) is 17.0. The Bertz CT molecular complexity index is 16.3. The van der Waals surface area contributed by atoms with Crippen LogP contribution in [-0.2, 0) is 4.89 Å². The average Bonchev–Trinajstić information content (AvgIpc) is 1.41. The molecule has 0 amide bonds.